The van der Waals surface area contributed by atoms with Crippen LogP contribution in [-0.4, -0.2) is 11.1 Å². The predicted molar refractivity (Wildman–Crippen MR) is 50.4 cm³/mol. The first-order valence-electron chi connectivity index (χ1n) is 4.34. The molecule has 0 aromatic heterocycles. The van der Waals surface area contributed by atoms with Gasteiger partial charge in [0.15, 0.2) is 5.82 Å². The van der Waals surface area contributed by atoms with Crippen LogP contribution in [0, 0.1) is 5.82 Å². The monoisotopic (exact) mass is 214 g/mol. The van der Waals surface area contributed by atoms with Gasteiger partial charge in [0.25, 0.3) is 0 Å². The fourth-order valence-electron chi connectivity index (χ4n) is 1.90. The van der Waals surface area contributed by atoms with Gasteiger partial charge >= 0.3 is 5.97 Å². The molecule has 4 heteroatoms. The van der Waals surface area contributed by atoms with E-state index in [1.807, 2.05) is 0 Å². The van der Waals surface area contributed by atoms with Crippen LogP contribution in [0.25, 0.3) is 0 Å². The van der Waals surface area contributed by atoms with Crippen molar-refractivity contribution >= 4 is 17.6 Å². The highest BCUT2D eigenvalue weighted by molar-refractivity contribution is 6.31. The van der Waals surface area contributed by atoms with Gasteiger partial charge in [-0.15, -0.1) is 0 Å². The van der Waals surface area contributed by atoms with Crippen molar-refractivity contribution in [3.63, 3.8) is 0 Å². The number of carboxylic acids is 1. The summed E-state index contributed by atoms with van der Waals surface area (Å²) in [5, 5.41) is 8.76. The summed E-state index contributed by atoms with van der Waals surface area (Å²) in [7, 11) is 0. The molecule has 14 heavy (non-hydrogen) atoms. The van der Waals surface area contributed by atoms with E-state index in [-0.39, 0.29) is 10.6 Å². The number of benzene rings is 1. The summed E-state index contributed by atoms with van der Waals surface area (Å²) in [4.78, 5) is 10.8. The molecule has 2 rings (SSSR count). The highest BCUT2D eigenvalue weighted by Crippen LogP contribution is 2.31. The average molecular weight is 215 g/mol. The fourth-order valence-corrected chi connectivity index (χ4v) is 2.13. The van der Waals surface area contributed by atoms with E-state index in [4.69, 9.17) is 16.7 Å². The minimum absolute atomic E-state index is 0.0944. The van der Waals surface area contributed by atoms with Crippen LogP contribution >= 0.6 is 11.6 Å². The quantitative estimate of drug-likeness (QED) is 0.781. The molecule has 2 nitrogen and oxygen atoms in total. The highest BCUT2D eigenvalue weighted by atomic mass is 35.5. The van der Waals surface area contributed by atoms with Crippen LogP contribution in [0.1, 0.15) is 27.9 Å². The molecule has 1 aromatic carbocycles. The van der Waals surface area contributed by atoms with Gasteiger partial charge in [-0.3, -0.25) is 0 Å². The third-order valence-corrected chi connectivity index (χ3v) is 2.78. The van der Waals surface area contributed by atoms with Crippen LogP contribution in [0.2, 0.25) is 5.02 Å². The molecular weight excluding hydrogens is 207 g/mol. The second kappa shape index (κ2) is 3.24. The molecule has 0 amide bonds. The van der Waals surface area contributed by atoms with E-state index >= 15 is 0 Å². The van der Waals surface area contributed by atoms with Gasteiger partial charge in [-0.25, -0.2) is 9.18 Å². The largest absolute Gasteiger partial charge is 0.478 e. The molecule has 0 saturated heterocycles. The van der Waals surface area contributed by atoms with Crippen LogP contribution in [-0.2, 0) is 12.8 Å². The van der Waals surface area contributed by atoms with E-state index in [0.717, 1.165) is 18.4 Å². The van der Waals surface area contributed by atoms with Crippen LogP contribution in [0.15, 0.2) is 6.07 Å². The van der Waals surface area contributed by atoms with Gasteiger partial charge in [-0.05, 0) is 36.5 Å². The number of carbonyl (C=O) groups is 1. The number of carboxylic acid groups (broad SMARTS) is 1. The minimum Gasteiger partial charge on any atom is -0.478 e. The summed E-state index contributed by atoms with van der Waals surface area (Å²) < 4.78 is 13.4. The van der Waals surface area contributed by atoms with Crippen molar-refractivity contribution in [3.05, 3.63) is 33.6 Å². The van der Waals surface area contributed by atoms with E-state index in [1.54, 1.807) is 0 Å². The number of hydrogen-bond acceptors (Lipinski definition) is 1. The Labute approximate surface area is 85.3 Å². The molecule has 1 aliphatic rings. The number of halogens is 2. The van der Waals surface area contributed by atoms with Gasteiger partial charge in [0.2, 0.25) is 0 Å². The zero-order valence-electron chi connectivity index (χ0n) is 7.31. The Morgan fingerprint density at radius 3 is 2.86 bits per heavy atom. The molecule has 0 aliphatic heterocycles. The van der Waals surface area contributed by atoms with E-state index in [2.05, 4.69) is 0 Å². The number of rotatable bonds is 1. The Kier molecular flexibility index (Phi) is 2.19. The third kappa shape index (κ3) is 1.28. The van der Waals surface area contributed by atoms with Crippen molar-refractivity contribution in [2.24, 2.45) is 0 Å². The lowest BCUT2D eigenvalue weighted by Crippen LogP contribution is -2.06. The lowest BCUT2D eigenvalue weighted by atomic mass is 10.0. The van der Waals surface area contributed by atoms with Gasteiger partial charge in [-0.2, -0.15) is 0 Å². The van der Waals surface area contributed by atoms with Crippen LogP contribution in [0.5, 0.6) is 0 Å². The van der Waals surface area contributed by atoms with E-state index in [9.17, 15) is 9.18 Å². The minimum atomic E-state index is -1.23. The Morgan fingerprint density at radius 1 is 1.50 bits per heavy atom. The maximum Gasteiger partial charge on any atom is 0.339 e. The fraction of sp³-hybridized carbons (Fsp3) is 0.300. The molecule has 74 valence electrons. The molecule has 0 fully saturated rings. The van der Waals surface area contributed by atoms with Gasteiger partial charge in [0.05, 0.1) is 5.02 Å². The topological polar surface area (TPSA) is 37.3 Å². The first-order chi connectivity index (χ1) is 6.61. The van der Waals surface area contributed by atoms with Crippen molar-refractivity contribution < 1.29 is 14.3 Å². The number of aryl methyl sites for hydroxylation is 1. The Hall–Kier alpha value is -1.09. The normalized spacial score (nSPS) is 14.1. The van der Waals surface area contributed by atoms with Crippen molar-refractivity contribution in [2.75, 3.05) is 0 Å². The maximum atomic E-state index is 13.4. The van der Waals surface area contributed by atoms with E-state index in [1.165, 1.54) is 6.07 Å². The van der Waals surface area contributed by atoms with Crippen molar-refractivity contribution in [1.29, 1.82) is 0 Å². The second-order valence-electron chi connectivity index (χ2n) is 3.34. The lowest BCUT2D eigenvalue weighted by Gasteiger charge is -2.06. The maximum absolute atomic E-state index is 13.4. The molecule has 0 spiro atoms. The Bertz CT molecular complexity index is 415. The number of aromatic carboxylic acids is 1. The zero-order chi connectivity index (χ0) is 10.3. The summed E-state index contributed by atoms with van der Waals surface area (Å²) >= 11 is 5.60. The molecule has 0 saturated carbocycles. The molecule has 0 heterocycles. The summed E-state index contributed by atoms with van der Waals surface area (Å²) in [6, 6.07) is 1.53. The van der Waals surface area contributed by atoms with Crippen LogP contribution in [0.4, 0.5) is 4.39 Å². The van der Waals surface area contributed by atoms with Crippen molar-refractivity contribution in [3.8, 4) is 0 Å². The summed E-state index contributed by atoms with van der Waals surface area (Å²) in [6.45, 7) is 0. The SMILES string of the molecule is O=C(O)c1c(F)c(Cl)cc2c1CCC2. The molecule has 1 aromatic rings. The molecule has 1 N–H and O–H groups in total. The standard InChI is InChI=1S/C10H8ClFO2/c11-7-4-5-2-1-3-6(5)8(9(7)12)10(13)14/h4H,1-3H2,(H,13,14). The summed E-state index contributed by atoms with van der Waals surface area (Å²) in [5.41, 5.74) is 1.23. The van der Waals surface area contributed by atoms with Gasteiger partial charge < -0.3 is 5.11 Å². The smallest absolute Gasteiger partial charge is 0.339 e. The third-order valence-electron chi connectivity index (χ3n) is 2.51. The highest BCUT2D eigenvalue weighted by Gasteiger charge is 2.24. The first-order valence-corrected chi connectivity index (χ1v) is 4.72. The predicted octanol–water partition coefficient (Wildman–Crippen LogP) is 2.67. The summed E-state index contributed by atoms with van der Waals surface area (Å²) in [6.07, 6.45) is 2.29. The lowest BCUT2D eigenvalue weighted by molar-refractivity contribution is 0.0690. The van der Waals surface area contributed by atoms with Crippen LogP contribution < -0.4 is 0 Å². The average Bonchev–Trinajstić information content (AvgIpc) is 2.52. The molecular formula is C10H8ClFO2. The molecule has 0 radical (unpaired) electrons. The van der Waals surface area contributed by atoms with Gasteiger partial charge in [0.1, 0.15) is 5.56 Å². The first kappa shape index (κ1) is 9.46. The van der Waals surface area contributed by atoms with Crippen molar-refractivity contribution in [2.45, 2.75) is 19.3 Å². The van der Waals surface area contributed by atoms with Crippen LogP contribution in [0.3, 0.4) is 0 Å². The molecule has 0 atom stereocenters. The molecule has 1 aliphatic carbocycles. The van der Waals surface area contributed by atoms with Crippen molar-refractivity contribution in [1.82, 2.24) is 0 Å². The number of hydrogen-bond donors (Lipinski definition) is 1. The van der Waals surface area contributed by atoms with Gasteiger partial charge in [0, 0.05) is 0 Å². The number of fused-ring (bicyclic) bond motifs is 1. The second-order valence-corrected chi connectivity index (χ2v) is 3.75. The molecule has 0 unspecified atom stereocenters. The zero-order valence-corrected chi connectivity index (χ0v) is 8.07. The van der Waals surface area contributed by atoms with E-state index in [0.29, 0.717) is 12.0 Å². The summed E-state index contributed by atoms with van der Waals surface area (Å²) in [5.74, 6) is -2.04. The molecule has 0 bridgehead atoms. The Morgan fingerprint density at radius 2 is 2.21 bits per heavy atom. The Balaban J connectivity index is 2.72. The van der Waals surface area contributed by atoms with E-state index < -0.39 is 11.8 Å². The van der Waals surface area contributed by atoms with Gasteiger partial charge in [-0.1, -0.05) is 11.6 Å².